The number of hydrogen-bond donors (Lipinski definition) is 1. The second-order valence-electron chi connectivity index (χ2n) is 8.31. The van der Waals surface area contributed by atoms with E-state index in [0.717, 1.165) is 43.7 Å². The Morgan fingerprint density at radius 3 is 2.70 bits per heavy atom. The van der Waals surface area contributed by atoms with Crippen LogP contribution in [-0.2, 0) is 27.5 Å². The molecule has 1 aromatic heterocycles. The van der Waals surface area contributed by atoms with E-state index >= 15 is 0 Å². The van der Waals surface area contributed by atoms with Gasteiger partial charge in [-0.2, -0.15) is 0 Å². The smallest absolute Gasteiger partial charge is 0.234 e. The van der Waals surface area contributed by atoms with Crippen molar-refractivity contribution in [3.05, 3.63) is 30.1 Å². The summed E-state index contributed by atoms with van der Waals surface area (Å²) in [4.78, 5) is 40.5. The van der Waals surface area contributed by atoms with Gasteiger partial charge < -0.3 is 19.7 Å². The highest BCUT2D eigenvalue weighted by atomic mass is 32.2. The first-order valence-corrected chi connectivity index (χ1v) is 12.6. The normalized spacial score (nSPS) is 16.9. The van der Waals surface area contributed by atoms with E-state index in [0.29, 0.717) is 43.3 Å². The van der Waals surface area contributed by atoms with Crippen LogP contribution in [0.15, 0.2) is 29.4 Å². The van der Waals surface area contributed by atoms with Crippen molar-refractivity contribution in [3.63, 3.8) is 0 Å². The molecule has 9 nitrogen and oxygen atoms in total. The summed E-state index contributed by atoms with van der Waals surface area (Å²) in [5, 5.41) is 12.1. The van der Waals surface area contributed by atoms with Gasteiger partial charge in [0.1, 0.15) is 0 Å². The number of nitrogens with zero attached hydrogens (tertiary/aromatic N) is 5. The molecule has 0 unspecified atom stereocenters. The van der Waals surface area contributed by atoms with Gasteiger partial charge >= 0.3 is 0 Å². The van der Waals surface area contributed by atoms with Gasteiger partial charge in [0, 0.05) is 43.9 Å². The van der Waals surface area contributed by atoms with Crippen LogP contribution in [0.2, 0.25) is 0 Å². The minimum Gasteiger partial charge on any atom is -0.335 e. The van der Waals surface area contributed by atoms with Gasteiger partial charge in [-0.05, 0) is 44.4 Å². The van der Waals surface area contributed by atoms with Gasteiger partial charge in [0.25, 0.3) is 0 Å². The second-order valence-corrected chi connectivity index (χ2v) is 9.25. The van der Waals surface area contributed by atoms with Gasteiger partial charge in [0.05, 0.1) is 12.3 Å². The third-order valence-electron chi connectivity index (χ3n) is 5.96. The lowest BCUT2D eigenvalue weighted by molar-refractivity contribution is -0.131. The average molecular weight is 471 g/mol. The molecule has 176 valence electrons. The van der Waals surface area contributed by atoms with Crippen molar-refractivity contribution >= 4 is 40.9 Å². The van der Waals surface area contributed by atoms with Crippen LogP contribution >= 0.6 is 11.8 Å². The molecule has 0 radical (unpaired) electrons. The highest BCUT2D eigenvalue weighted by Gasteiger charge is 2.23. The summed E-state index contributed by atoms with van der Waals surface area (Å²) in [5.74, 6) is 1.07. The summed E-state index contributed by atoms with van der Waals surface area (Å²) in [7, 11) is 0. The SMILES string of the molecule is CCn1c(CN2CCCCCC2=O)nnc1SCC(=O)Nc1cccc(N2CCCC2=O)c1. The van der Waals surface area contributed by atoms with Crippen molar-refractivity contribution in [2.24, 2.45) is 0 Å². The third kappa shape index (κ3) is 5.73. The highest BCUT2D eigenvalue weighted by Crippen LogP contribution is 2.25. The first-order chi connectivity index (χ1) is 16.0. The lowest BCUT2D eigenvalue weighted by atomic mass is 10.2. The Balaban J connectivity index is 1.35. The number of carbonyl (C=O) groups is 3. The molecule has 0 saturated carbocycles. The molecule has 2 aliphatic heterocycles. The molecular formula is C23H30N6O3S. The predicted octanol–water partition coefficient (Wildman–Crippen LogP) is 3.06. The van der Waals surface area contributed by atoms with Gasteiger partial charge in [-0.15, -0.1) is 10.2 Å². The zero-order valence-electron chi connectivity index (χ0n) is 19.0. The van der Waals surface area contributed by atoms with Crippen molar-refractivity contribution in [2.45, 2.75) is 63.7 Å². The third-order valence-corrected chi connectivity index (χ3v) is 6.93. The van der Waals surface area contributed by atoms with E-state index in [-0.39, 0.29) is 23.5 Å². The van der Waals surface area contributed by atoms with Gasteiger partial charge in [-0.1, -0.05) is 24.2 Å². The summed E-state index contributed by atoms with van der Waals surface area (Å²) in [6, 6.07) is 7.37. The number of thioether (sulfide) groups is 1. The molecule has 0 spiro atoms. The fourth-order valence-corrected chi connectivity index (χ4v) is 5.06. The Hall–Kier alpha value is -2.88. The Bertz CT molecular complexity index is 1020. The van der Waals surface area contributed by atoms with Gasteiger partial charge in [0.2, 0.25) is 17.7 Å². The van der Waals surface area contributed by atoms with E-state index in [1.165, 1.54) is 11.8 Å². The van der Waals surface area contributed by atoms with E-state index in [1.54, 1.807) is 4.90 Å². The molecule has 2 saturated heterocycles. The van der Waals surface area contributed by atoms with Crippen molar-refractivity contribution < 1.29 is 14.4 Å². The zero-order chi connectivity index (χ0) is 23.2. The molecule has 2 fully saturated rings. The standard InChI is InChI=1S/C23H30N6O3S/c1-2-28-19(15-27-12-5-3-4-10-21(27)31)25-26-23(28)33-16-20(30)24-17-8-6-9-18(14-17)29-13-7-11-22(29)32/h6,8-9,14H,2-5,7,10-13,15-16H2,1H3,(H,24,30). The van der Waals surface area contributed by atoms with Crippen molar-refractivity contribution in [2.75, 3.05) is 29.1 Å². The van der Waals surface area contributed by atoms with Gasteiger partial charge in [-0.25, -0.2) is 0 Å². The number of likely N-dealkylation sites (tertiary alicyclic amines) is 1. The molecule has 33 heavy (non-hydrogen) atoms. The summed E-state index contributed by atoms with van der Waals surface area (Å²) < 4.78 is 1.97. The number of amides is 3. The lowest BCUT2D eigenvalue weighted by Gasteiger charge is -2.20. The van der Waals surface area contributed by atoms with Crippen LogP contribution in [-0.4, -0.2) is 56.2 Å². The molecule has 2 aliphatic rings. The Morgan fingerprint density at radius 2 is 1.91 bits per heavy atom. The number of benzene rings is 1. The molecule has 10 heteroatoms. The lowest BCUT2D eigenvalue weighted by Crippen LogP contribution is -2.31. The quantitative estimate of drug-likeness (QED) is 0.595. The molecule has 1 N–H and O–H groups in total. The maximum Gasteiger partial charge on any atom is 0.234 e. The van der Waals surface area contributed by atoms with Crippen LogP contribution in [0, 0.1) is 0 Å². The summed E-state index contributed by atoms with van der Waals surface area (Å²) in [6.07, 6.45) is 5.06. The van der Waals surface area contributed by atoms with Crippen LogP contribution in [0.25, 0.3) is 0 Å². The molecule has 4 rings (SSSR count). The first kappa shape index (κ1) is 23.3. The monoisotopic (exact) mass is 470 g/mol. The Kier molecular flexibility index (Phi) is 7.64. The molecule has 3 amide bonds. The predicted molar refractivity (Wildman–Crippen MR) is 127 cm³/mol. The number of carbonyl (C=O) groups excluding carboxylic acids is 3. The maximum absolute atomic E-state index is 12.6. The van der Waals surface area contributed by atoms with Crippen LogP contribution < -0.4 is 10.2 Å². The van der Waals surface area contributed by atoms with E-state index in [4.69, 9.17) is 0 Å². The second kappa shape index (κ2) is 10.8. The molecule has 0 bridgehead atoms. The number of nitrogens with one attached hydrogen (secondary N) is 1. The van der Waals surface area contributed by atoms with Crippen LogP contribution in [0.3, 0.4) is 0 Å². The van der Waals surface area contributed by atoms with Crippen molar-refractivity contribution in [3.8, 4) is 0 Å². The molecule has 0 aliphatic carbocycles. The van der Waals surface area contributed by atoms with E-state index < -0.39 is 0 Å². The van der Waals surface area contributed by atoms with Crippen molar-refractivity contribution in [1.82, 2.24) is 19.7 Å². The molecule has 0 atom stereocenters. The first-order valence-electron chi connectivity index (χ1n) is 11.6. The summed E-state index contributed by atoms with van der Waals surface area (Å²) >= 11 is 1.33. The largest absolute Gasteiger partial charge is 0.335 e. The van der Waals surface area contributed by atoms with Crippen LogP contribution in [0.5, 0.6) is 0 Å². The Labute approximate surface area is 197 Å². The number of anilines is 2. The topological polar surface area (TPSA) is 100 Å². The molecular weight excluding hydrogens is 440 g/mol. The van der Waals surface area contributed by atoms with Crippen LogP contribution in [0.4, 0.5) is 11.4 Å². The number of rotatable bonds is 8. The van der Waals surface area contributed by atoms with E-state index in [2.05, 4.69) is 15.5 Å². The van der Waals surface area contributed by atoms with Gasteiger partial charge in [-0.3, -0.25) is 14.4 Å². The Morgan fingerprint density at radius 1 is 1.06 bits per heavy atom. The molecule has 2 aromatic rings. The van der Waals surface area contributed by atoms with Crippen LogP contribution in [0.1, 0.15) is 51.3 Å². The zero-order valence-corrected chi connectivity index (χ0v) is 19.8. The fourth-order valence-electron chi connectivity index (χ4n) is 4.24. The minimum atomic E-state index is -0.153. The van der Waals surface area contributed by atoms with E-state index in [9.17, 15) is 14.4 Å². The number of hydrogen-bond acceptors (Lipinski definition) is 6. The molecule has 1 aromatic carbocycles. The summed E-state index contributed by atoms with van der Waals surface area (Å²) in [5.41, 5.74) is 1.47. The maximum atomic E-state index is 12.6. The highest BCUT2D eigenvalue weighted by molar-refractivity contribution is 7.99. The van der Waals surface area contributed by atoms with Crippen molar-refractivity contribution in [1.29, 1.82) is 0 Å². The summed E-state index contributed by atoms with van der Waals surface area (Å²) in [6.45, 7) is 4.59. The molecule has 3 heterocycles. The van der Waals surface area contributed by atoms with E-state index in [1.807, 2.05) is 40.7 Å². The average Bonchev–Trinajstić information content (AvgIpc) is 3.35. The van der Waals surface area contributed by atoms with Gasteiger partial charge in [0.15, 0.2) is 11.0 Å². The fraction of sp³-hybridized carbons (Fsp3) is 0.522. The number of aromatic nitrogens is 3. The minimum absolute atomic E-state index is 0.116.